The van der Waals surface area contributed by atoms with Crippen LogP contribution in [-0.2, 0) is 0 Å². The van der Waals surface area contributed by atoms with Gasteiger partial charge in [0.25, 0.3) is 0 Å². The lowest BCUT2D eigenvalue weighted by atomic mass is 10.3. The summed E-state index contributed by atoms with van der Waals surface area (Å²) in [5.74, 6) is 0. The van der Waals surface area contributed by atoms with Gasteiger partial charge in [0.05, 0.1) is 0 Å². The van der Waals surface area contributed by atoms with E-state index in [0.717, 1.165) is 25.2 Å². The summed E-state index contributed by atoms with van der Waals surface area (Å²) in [5.41, 5.74) is 1.07. The van der Waals surface area contributed by atoms with E-state index in [4.69, 9.17) is 0 Å². The Labute approximate surface area is 80.7 Å². The highest BCUT2D eigenvalue weighted by atomic mass is 14.8. The maximum absolute atomic E-state index is 4.17. The van der Waals surface area contributed by atoms with Crippen molar-refractivity contribution in [1.29, 1.82) is 0 Å². The number of rotatable bonds is 6. The first kappa shape index (κ1) is 12.0. The second-order valence-corrected chi connectivity index (χ2v) is 2.52. The lowest BCUT2D eigenvalue weighted by Gasteiger charge is -1.93. The van der Waals surface area contributed by atoms with Crippen LogP contribution in [0.15, 0.2) is 21.6 Å². The van der Waals surface area contributed by atoms with Crippen molar-refractivity contribution in [1.82, 2.24) is 5.32 Å². The van der Waals surface area contributed by atoms with E-state index in [0.29, 0.717) is 0 Å². The number of hydrogen-bond donors (Lipinski definition) is 1. The van der Waals surface area contributed by atoms with Gasteiger partial charge < -0.3 is 5.32 Å². The van der Waals surface area contributed by atoms with Gasteiger partial charge in [0.15, 0.2) is 0 Å². The molecule has 0 aliphatic heterocycles. The average molecular weight is 181 g/mol. The highest BCUT2D eigenvalue weighted by Gasteiger charge is 1.85. The van der Waals surface area contributed by atoms with Gasteiger partial charge in [0.1, 0.15) is 0 Å². The molecule has 0 radical (unpaired) electrons. The zero-order valence-electron chi connectivity index (χ0n) is 8.75. The predicted octanol–water partition coefficient (Wildman–Crippen LogP) is 1.31. The molecule has 3 heteroatoms. The van der Waals surface area contributed by atoms with Crippen molar-refractivity contribution in [3.05, 3.63) is 11.6 Å². The van der Waals surface area contributed by atoms with Crippen molar-refractivity contribution in [2.75, 3.05) is 26.7 Å². The minimum atomic E-state index is 0.816. The number of aliphatic imine (C=N–C) groups is 2. The molecule has 13 heavy (non-hydrogen) atoms. The Morgan fingerprint density at radius 3 is 2.08 bits per heavy atom. The van der Waals surface area contributed by atoms with Gasteiger partial charge in [-0.15, -0.1) is 0 Å². The van der Waals surface area contributed by atoms with Crippen LogP contribution in [-0.4, -0.2) is 39.1 Å². The molecule has 0 aromatic heterocycles. The Balaban J connectivity index is 4.18. The van der Waals surface area contributed by atoms with Crippen LogP contribution in [0.25, 0.3) is 0 Å². The van der Waals surface area contributed by atoms with Crippen molar-refractivity contribution in [3.8, 4) is 0 Å². The Morgan fingerprint density at radius 1 is 1.15 bits per heavy atom. The smallest absolute Gasteiger partial charge is 0.0361 e. The third kappa shape index (κ3) is 7.40. The highest BCUT2D eigenvalue weighted by molar-refractivity contribution is 6.04. The molecule has 0 heterocycles. The fraction of sp³-hybridized carbons (Fsp3) is 0.600. The minimum Gasteiger partial charge on any atom is -0.316 e. The van der Waals surface area contributed by atoms with Crippen molar-refractivity contribution < 1.29 is 0 Å². The average Bonchev–Trinajstić information content (AvgIpc) is 2.17. The summed E-state index contributed by atoms with van der Waals surface area (Å²) in [7, 11) is 1.92. The van der Waals surface area contributed by atoms with Crippen molar-refractivity contribution in [2.24, 2.45) is 9.98 Å². The molecule has 0 aromatic rings. The molecule has 0 rings (SSSR count). The van der Waals surface area contributed by atoms with Gasteiger partial charge in [-0.2, -0.15) is 0 Å². The molecule has 0 bridgehead atoms. The fourth-order valence-corrected chi connectivity index (χ4v) is 0.752. The zero-order chi connectivity index (χ0) is 9.94. The van der Waals surface area contributed by atoms with Crippen LogP contribution in [0.1, 0.15) is 13.8 Å². The topological polar surface area (TPSA) is 36.8 Å². The molecule has 0 saturated heterocycles. The van der Waals surface area contributed by atoms with Crippen LogP contribution in [0.3, 0.4) is 0 Å². The molecule has 0 aromatic carbocycles. The summed E-state index contributed by atoms with van der Waals surface area (Å²) in [6.07, 6.45) is 5.78. The highest BCUT2D eigenvalue weighted by Crippen LogP contribution is 1.86. The van der Waals surface area contributed by atoms with Crippen LogP contribution >= 0.6 is 0 Å². The Hall–Kier alpha value is -0.960. The summed E-state index contributed by atoms with van der Waals surface area (Å²) in [6.45, 7) is 6.51. The molecule has 0 saturated carbocycles. The van der Waals surface area contributed by atoms with Crippen LogP contribution < -0.4 is 5.32 Å². The van der Waals surface area contributed by atoms with E-state index < -0.39 is 0 Å². The molecular weight excluding hydrogens is 162 g/mol. The van der Waals surface area contributed by atoms with Gasteiger partial charge in [0, 0.05) is 37.6 Å². The molecule has 0 unspecified atom stereocenters. The van der Waals surface area contributed by atoms with Crippen molar-refractivity contribution in [3.63, 3.8) is 0 Å². The molecule has 74 valence electrons. The molecule has 0 spiro atoms. The van der Waals surface area contributed by atoms with Crippen molar-refractivity contribution >= 4 is 12.4 Å². The van der Waals surface area contributed by atoms with E-state index in [1.807, 2.05) is 33.3 Å². The number of nitrogens with zero attached hydrogens (tertiary/aromatic N) is 2. The van der Waals surface area contributed by atoms with Crippen LogP contribution in [0, 0.1) is 0 Å². The van der Waals surface area contributed by atoms with E-state index in [1.165, 1.54) is 0 Å². The van der Waals surface area contributed by atoms with Crippen LogP contribution in [0.2, 0.25) is 0 Å². The van der Waals surface area contributed by atoms with E-state index in [-0.39, 0.29) is 0 Å². The van der Waals surface area contributed by atoms with E-state index in [9.17, 15) is 0 Å². The monoisotopic (exact) mass is 181 g/mol. The fourth-order valence-electron chi connectivity index (χ4n) is 0.752. The SMILES string of the molecule is CC\N=C/C(=C\CNC)/C=N/CC. The lowest BCUT2D eigenvalue weighted by Crippen LogP contribution is -2.06. The second kappa shape index (κ2) is 9.13. The minimum absolute atomic E-state index is 0.816. The standard InChI is InChI=1S/C10H19N3/c1-4-12-8-10(6-7-11-3)9-13-5-2/h6,8-9,11H,4-5,7H2,1-3H3/b10-6-,12-8+,13-9-. The summed E-state index contributed by atoms with van der Waals surface area (Å²) in [6, 6.07) is 0. The molecular formula is C10H19N3. The van der Waals surface area contributed by atoms with Gasteiger partial charge in [-0.3, -0.25) is 9.98 Å². The van der Waals surface area contributed by atoms with E-state index in [2.05, 4.69) is 21.4 Å². The molecule has 0 amide bonds. The normalized spacial score (nSPS) is 13.3. The molecule has 0 atom stereocenters. The van der Waals surface area contributed by atoms with E-state index >= 15 is 0 Å². The van der Waals surface area contributed by atoms with Crippen LogP contribution in [0.5, 0.6) is 0 Å². The number of likely N-dealkylation sites (N-methyl/N-ethyl adjacent to an activating group) is 1. The third-order valence-corrected chi connectivity index (χ3v) is 1.39. The maximum atomic E-state index is 4.17. The first-order valence-electron chi connectivity index (χ1n) is 4.69. The zero-order valence-corrected chi connectivity index (χ0v) is 8.75. The summed E-state index contributed by atoms with van der Waals surface area (Å²) in [4.78, 5) is 8.33. The predicted molar refractivity (Wildman–Crippen MR) is 60.1 cm³/mol. The molecule has 0 aliphatic rings. The molecule has 1 N–H and O–H groups in total. The quantitative estimate of drug-likeness (QED) is 0.616. The Kier molecular flexibility index (Phi) is 8.46. The summed E-state index contributed by atoms with van der Waals surface area (Å²) >= 11 is 0. The van der Waals surface area contributed by atoms with Gasteiger partial charge in [-0.25, -0.2) is 0 Å². The first-order chi connectivity index (χ1) is 6.35. The lowest BCUT2D eigenvalue weighted by molar-refractivity contribution is 0.919. The molecule has 3 nitrogen and oxygen atoms in total. The Bertz CT molecular complexity index is 176. The van der Waals surface area contributed by atoms with Crippen molar-refractivity contribution in [2.45, 2.75) is 13.8 Å². The van der Waals surface area contributed by atoms with Gasteiger partial charge >= 0.3 is 0 Å². The maximum Gasteiger partial charge on any atom is 0.0361 e. The number of nitrogens with one attached hydrogen (secondary N) is 1. The summed E-state index contributed by atoms with van der Waals surface area (Å²) < 4.78 is 0. The Morgan fingerprint density at radius 2 is 1.69 bits per heavy atom. The summed E-state index contributed by atoms with van der Waals surface area (Å²) in [5, 5.41) is 3.05. The third-order valence-electron chi connectivity index (χ3n) is 1.39. The molecule has 0 aliphatic carbocycles. The largest absolute Gasteiger partial charge is 0.316 e. The second-order valence-electron chi connectivity index (χ2n) is 2.52. The van der Waals surface area contributed by atoms with E-state index in [1.54, 1.807) is 0 Å². The number of allylic oxidation sites excluding steroid dienone is 1. The number of hydrogen-bond acceptors (Lipinski definition) is 3. The van der Waals surface area contributed by atoms with Gasteiger partial charge in [-0.05, 0) is 20.9 Å². The molecule has 0 fully saturated rings. The van der Waals surface area contributed by atoms with Crippen LogP contribution in [0.4, 0.5) is 0 Å². The van der Waals surface area contributed by atoms with Gasteiger partial charge in [0.2, 0.25) is 0 Å². The van der Waals surface area contributed by atoms with Gasteiger partial charge in [-0.1, -0.05) is 6.08 Å². The first-order valence-corrected chi connectivity index (χ1v) is 4.69.